The van der Waals surface area contributed by atoms with E-state index in [0.29, 0.717) is 6.42 Å². The molecule has 21 aromatic rings. The second-order valence-electron chi connectivity index (χ2n) is 33.0. The smallest absolute Gasteiger partial charge is 0.252 e. The lowest BCUT2D eigenvalue weighted by atomic mass is 9.33. The summed E-state index contributed by atoms with van der Waals surface area (Å²) >= 11 is 0. The summed E-state index contributed by atoms with van der Waals surface area (Å²) in [4.78, 5) is 5.38. The molecule has 512 valence electrons. The number of aromatic nitrogens is 1. The van der Waals surface area contributed by atoms with Gasteiger partial charge in [0.05, 0.1) is 11.0 Å². The van der Waals surface area contributed by atoms with Crippen LogP contribution < -0.4 is 26.2 Å². The summed E-state index contributed by atoms with van der Waals surface area (Å²) in [5, 5.41) is 32.7. The monoisotopic (exact) mass is 1390 g/mol. The fraction of sp³-hybridized carbons (Fsp3) is 0.0857. The highest BCUT2D eigenvalue weighted by molar-refractivity contribution is 7.00. The van der Waals surface area contributed by atoms with Crippen LogP contribution >= 0.6 is 0 Å². The molecule has 0 unspecified atom stereocenters. The van der Waals surface area contributed by atoms with E-state index in [1.807, 2.05) is 0 Å². The van der Waals surface area contributed by atoms with Gasteiger partial charge in [-0.3, -0.25) is 0 Å². The number of nitrogens with zero attached hydrogens (tertiary/aromatic N) is 3. The molecule has 2 aliphatic heterocycles. The Morgan fingerprint density at radius 3 is 0.908 bits per heavy atom. The first-order chi connectivity index (χ1) is 53.3. The SMILES string of the molecule is CC(C)(C)c1ccc2c(c1)c1cc(C(C)(C)C)ccc1n2-c1ccc2c(c1)N(c1ccc3c4ccccc4c4ccccc4c3c1)c1cc(Cc3ccc4c5ccccc5c5ccccc5c4c3)cc3c1B2c1cc2c4ccccc4c4ccccc4c2cc1N3c1ccc2c3ccccc3c3ccccc3c2c1. The van der Waals surface area contributed by atoms with Crippen molar-refractivity contribution in [1.29, 1.82) is 0 Å². The molecular weight excluding hydrogens is 1310 g/mol. The summed E-state index contributed by atoms with van der Waals surface area (Å²) in [5.41, 5.74) is 19.3. The van der Waals surface area contributed by atoms with Gasteiger partial charge in [-0.15, -0.1) is 0 Å². The maximum atomic E-state index is 2.69. The second kappa shape index (κ2) is 22.8. The van der Waals surface area contributed by atoms with Crippen molar-refractivity contribution in [3.63, 3.8) is 0 Å². The normalized spacial score (nSPS) is 13.2. The van der Waals surface area contributed by atoms with Gasteiger partial charge in [0.25, 0.3) is 6.71 Å². The van der Waals surface area contributed by atoms with Crippen LogP contribution in [0.25, 0.3) is 157 Å². The van der Waals surface area contributed by atoms with Gasteiger partial charge >= 0.3 is 0 Å². The quantitative estimate of drug-likeness (QED) is 0.126. The maximum absolute atomic E-state index is 2.69. The highest BCUT2D eigenvalue weighted by Gasteiger charge is 2.45. The Hall–Kier alpha value is -13.0. The number of hydrogen-bond donors (Lipinski definition) is 0. The number of rotatable bonds is 5. The molecule has 4 heteroatoms. The topological polar surface area (TPSA) is 11.4 Å². The zero-order chi connectivity index (χ0) is 72.4. The third-order valence-corrected chi connectivity index (χ3v) is 24.9. The van der Waals surface area contributed by atoms with Crippen molar-refractivity contribution in [2.24, 2.45) is 0 Å². The lowest BCUT2D eigenvalue weighted by Crippen LogP contribution is -2.61. The Morgan fingerprint density at radius 2 is 0.532 bits per heavy atom. The first kappa shape index (κ1) is 62.2. The largest absolute Gasteiger partial charge is 0.311 e. The Balaban J connectivity index is 0.864. The van der Waals surface area contributed by atoms with Crippen LogP contribution in [-0.2, 0) is 17.3 Å². The van der Waals surface area contributed by atoms with Crippen LogP contribution in [0.1, 0.15) is 63.8 Å². The molecule has 0 saturated carbocycles. The van der Waals surface area contributed by atoms with Crippen molar-refractivity contribution in [3.05, 3.63) is 350 Å². The van der Waals surface area contributed by atoms with E-state index in [2.05, 4.69) is 383 Å². The average molecular weight is 1390 g/mol. The van der Waals surface area contributed by atoms with Gasteiger partial charge in [-0.2, -0.15) is 0 Å². The zero-order valence-electron chi connectivity index (χ0n) is 61.8. The third-order valence-electron chi connectivity index (χ3n) is 24.9. The average Bonchev–Trinajstić information content (AvgIpc) is 0.800. The van der Waals surface area contributed by atoms with Crippen LogP contribution in [0.2, 0.25) is 0 Å². The van der Waals surface area contributed by atoms with Crippen molar-refractivity contribution in [2.75, 3.05) is 9.80 Å². The molecule has 109 heavy (non-hydrogen) atoms. The molecule has 0 amide bonds. The number of benzene rings is 20. The maximum Gasteiger partial charge on any atom is 0.252 e. The molecule has 3 nitrogen and oxygen atoms in total. The molecule has 2 aliphatic rings. The van der Waals surface area contributed by atoms with Gasteiger partial charge < -0.3 is 14.4 Å². The van der Waals surface area contributed by atoms with E-state index < -0.39 is 0 Å². The Kier molecular flexibility index (Phi) is 13.0. The third kappa shape index (κ3) is 9.07. The van der Waals surface area contributed by atoms with Crippen molar-refractivity contribution in [3.8, 4) is 5.69 Å². The molecule has 0 aliphatic carbocycles. The van der Waals surface area contributed by atoms with Gasteiger partial charge in [-0.1, -0.05) is 290 Å². The molecule has 20 aromatic carbocycles. The van der Waals surface area contributed by atoms with E-state index in [-0.39, 0.29) is 17.5 Å². The van der Waals surface area contributed by atoms with Crippen molar-refractivity contribution >= 4 is 208 Å². The molecule has 0 radical (unpaired) electrons. The minimum absolute atomic E-state index is 0.0507. The molecule has 0 atom stereocenters. The van der Waals surface area contributed by atoms with Crippen LogP contribution in [-0.4, -0.2) is 11.3 Å². The van der Waals surface area contributed by atoms with Gasteiger partial charge in [-0.25, -0.2) is 0 Å². The van der Waals surface area contributed by atoms with E-state index >= 15 is 0 Å². The van der Waals surface area contributed by atoms with E-state index in [4.69, 9.17) is 0 Å². The summed E-state index contributed by atoms with van der Waals surface area (Å²) < 4.78 is 2.57. The second-order valence-corrected chi connectivity index (χ2v) is 33.0. The zero-order valence-corrected chi connectivity index (χ0v) is 61.8. The Labute approximate surface area is 632 Å². The first-order valence-corrected chi connectivity index (χ1v) is 38.7. The lowest BCUT2D eigenvalue weighted by molar-refractivity contribution is 0.590. The van der Waals surface area contributed by atoms with Crippen LogP contribution in [0, 0.1) is 0 Å². The molecule has 0 bridgehead atoms. The van der Waals surface area contributed by atoms with Crippen molar-refractivity contribution in [2.45, 2.75) is 58.8 Å². The predicted octanol–water partition coefficient (Wildman–Crippen LogP) is 26.9. The Bertz CT molecular complexity index is 7450. The van der Waals surface area contributed by atoms with Gasteiger partial charge in [-0.05, 0) is 264 Å². The molecule has 0 fully saturated rings. The molecule has 3 heterocycles. The summed E-state index contributed by atoms with van der Waals surface area (Å²) in [6, 6.07) is 127. The fourth-order valence-corrected chi connectivity index (χ4v) is 19.8. The van der Waals surface area contributed by atoms with Crippen LogP contribution in [0.5, 0.6) is 0 Å². The van der Waals surface area contributed by atoms with Crippen LogP contribution in [0.3, 0.4) is 0 Å². The van der Waals surface area contributed by atoms with Gasteiger partial charge in [0, 0.05) is 50.6 Å². The molecule has 1 aromatic heterocycles. The van der Waals surface area contributed by atoms with E-state index in [0.717, 1.165) is 22.7 Å². The van der Waals surface area contributed by atoms with E-state index in [1.165, 1.54) is 207 Å². The van der Waals surface area contributed by atoms with E-state index in [1.54, 1.807) is 0 Å². The summed E-state index contributed by atoms with van der Waals surface area (Å²) in [6.45, 7) is 13.8. The summed E-state index contributed by atoms with van der Waals surface area (Å²) in [7, 11) is 0. The Morgan fingerprint density at radius 1 is 0.220 bits per heavy atom. The molecule has 0 spiro atoms. The van der Waals surface area contributed by atoms with Gasteiger partial charge in [0.1, 0.15) is 0 Å². The van der Waals surface area contributed by atoms with Crippen LogP contribution in [0.4, 0.5) is 34.1 Å². The van der Waals surface area contributed by atoms with Crippen molar-refractivity contribution in [1.82, 2.24) is 4.57 Å². The summed E-state index contributed by atoms with van der Waals surface area (Å²) in [5.74, 6) is 0. The van der Waals surface area contributed by atoms with Gasteiger partial charge in [0.15, 0.2) is 0 Å². The number of anilines is 6. The first-order valence-electron chi connectivity index (χ1n) is 38.7. The molecule has 0 N–H and O–H groups in total. The van der Waals surface area contributed by atoms with Crippen LogP contribution in [0.15, 0.2) is 328 Å². The number of fused-ring (bicyclic) bond motifs is 31. The van der Waals surface area contributed by atoms with Crippen molar-refractivity contribution < 1.29 is 0 Å². The summed E-state index contributed by atoms with van der Waals surface area (Å²) in [6.07, 6.45) is 0.689. The number of hydrogen-bond acceptors (Lipinski definition) is 2. The predicted molar refractivity (Wildman–Crippen MR) is 472 cm³/mol. The molecule has 0 saturated heterocycles. The molecule has 23 rings (SSSR count). The highest BCUT2D eigenvalue weighted by Crippen LogP contribution is 2.51. The standard InChI is InChI=1S/C105H74BN3/c1-104(2,3)64-40-49-97-93(55-64)94-56-65(105(4,5)6)41-50-98(94)107(97)68-44-48-95-99(59-68)108(66-42-46-86-78-32-11-8-24-70(78)73-27-14-19-35-81(73)89(86)57-66)101-53-63(51-62-39-45-85-77-31-10-7-23-69(77)72-26-13-18-34-80(72)88(85)52-62)54-102-103(101)106(95)96-60-91-83-37-21-16-29-75(83)76-30-17-22-38-84(76)92(91)61-100(96)109(102)67-43-47-87-79-33-12-9-25-71(79)74-28-15-20-36-82(74)90(87)58-67/h7-50,52-61H,51H2,1-6H3. The van der Waals surface area contributed by atoms with E-state index in [9.17, 15) is 0 Å². The van der Waals surface area contributed by atoms with Gasteiger partial charge in [0.2, 0.25) is 0 Å². The highest BCUT2D eigenvalue weighted by atomic mass is 15.2. The lowest BCUT2D eigenvalue weighted by Gasteiger charge is -2.45. The fourth-order valence-electron chi connectivity index (χ4n) is 19.8. The molecular formula is C105H74BN3. The minimum atomic E-state index is -0.210. The minimum Gasteiger partial charge on any atom is -0.311 e.